The fraction of sp³-hybridized carbons (Fsp3) is 0.556. The molecule has 1 N–H and O–H groups in total. The number of nitrogens with zero attached hydrogens (tertiary/aromatic N) is 5. The van der Waals surface area contributed by atoms with E-state index in [-0.39, 0.29) is 18.4 Å². The number of aliphatic hydroxyl groups is 1. The summed E-state index contributed by atoms with van der Waals surface area (Å²) in [7, 11) is 1.81. The standard InChI is InChI=1S/C18H23N5O3/c1-21-15-10-13(11-19-14(15)12-20-21)16(25)23-7-3-5-18(23)4-2-6-22(8-9-24)17(18)26/h10-12,24H,2-9H2,1H3. The van der Waals surface area contributed by atoms with Crippen molar-refractivity contribution in [2.24, 2.45) is 7.05 Å². The Morgan fingerprint density at radius 1 is 1.27 bits per heavy atom. The number of piperidine rings is 1. The molecule has 1 atom stereocenters. The smallest absolute Gasteiger partial charge is 0.256 e. The third kappa shape index (κ3) is 2.47. The number of amides is 2. The van der Waals surface area contributed by atoms with Crippen LogP contribution in [0.1, 0.15) is 36.0 Å². The van der Waals surface area contributed by atoms with Crippen LogP contribution in [0.4, 0.5) is 0 Å². The van der Waals surface area contributed by atoms with Gasteiger partial charge in [-0.05, 0) is 31.7 Å². The maximum atomic E-state index is 13.2. The lowest BCUT2D eigenvalue weighted by Gasteiger charge is -2.44. The molecule has 8 heteroatoms. The van der Waals surface area contributed by atoms with Crippen LogP contribution in [0.5, 0.6) is 0 Å². The van der Waals surface area contributed by atoms with Gasteiger partial charge < -0.3 is 14.9 Å². The quantitative estimate of drug-likeness (QED) is 0.867. The van der Waals surface area contributed by atoms with Gasteiger partial charge in [-0.25, -0.2) is 0 Å². The summed E-state index contributed by atoms with van der Waals surface area (Å²) in [5.74, 6) is -0.185. The summed E-state index contributed by atoms with van der Waals surface area (Å²) in [4.78, 5) is 34.1. The van der Waals surface area contributed by atoms with Crippen LogP contribution < -0.4 is 0 Å². The molecular weight excluding hydrogens is 334 g/mol. The fourth-order valence-electron chi connectivity index (χ4n) is 4.35. The molecule has 0 bridgehead atoms. The van der Waals surface area contributed by atoms with Gasteiger partial charge in [0.05, 0.1) is 23.9 Å². The highest BCUT2D eigenvalue weighted by Crippen LogP contribution is 2.39. The molecule has 4 heterocycles. The molecule has 8 nitrogen and oxygen atoms in total. The minimum atomic E-state index is -0.772. The highest BCUT2D eigenvalue weighted by atomic mass is 16.3. The van der Waals surface area contributed by atoms with Crippen molar-refractivity contribution in [2.75, 3.05) is 26.2 Å². The van der Waals surface area contributed by atoms with E-state index in [1.165, 1.54) is 0 Å². The molecule has 2 aliphatic rings. The first-order chi connectivity index (χ1) is 12.6. The molecule has 2 fully saturated rings. The van der Waals surface area contributed by atoms with Crippen molar-refractivity contribution in [3.8, 4) is 0 Å². The zero-order valence-electron chi connectivity index (χ0n) is 14.9. The maximum absolute atomic E-state index is 13.2. The van der Waals surface area contributed by atoms with Crippen molar-refractivity contribution >= 4 is 22.8 Å². The maximum Gasteiger partial charge on any atom is 0.256 e. The highest BCUT2D eigenvalue weighted by molar-refractivity contribution is 6.01. The lowest BCUT2D eigenvalue weighted by atomic mass is 9.85. The first-order valence-electron chi connectivity index (χ1n) is 9.07. The van der Waals surface area contributed by atoms with Crippen LogP contribution in [0.15, 0.2) is 18.5 Å². The molecule has 1 unspecified atom stereocenters. The Labute approximate surface area is 151 Å². The number of aliphatic hydroxyl groups excluding tert-OH is 1. The average Bonchev–Trinajstić information content (AvgIpc) is 3.23. The van der Waals surface area contributed by atoms with E-state index in [4.69, 9.17) is 0 Å². The molecule has 0 saturated carbocycles. The van der Waals surface area contributed by atoms with Gasteiger partial charge >= 0.3 is 0 Å². The number of carbonyl (C=O) groups excluding carboxylic acids is 2. The van der Waals surface area contributed by atoms with E-state index >= 15 is 0 Å². The third-order valence-corrected chi connectivity index (χ3v) is 5.65. The molecule has 2 aromatic rings. The van der Waals surface area contributed by atoms with Crippen molar-refractivity contribution in [3.05, 3.63) is 24.0 Å². The molecule has 2 aliphatic heterocycles. The van der Waals surface area contributed by atoms with Crippen LogP contribution >= 0.6 is 0 Å². The Kier molecular flexibility index (Phi) is 4.14. The molecule has 0 aromatic carbocycles. The van der Waals surface area contributed by atoms with E-state index in [2.05, 4.69) is 10.1 Å². The van der Waals surface area contributed by atoms with Gasteiger partial charge in [0, 0.05) is 32.9 Å². The van der Waals surface area contributed by atoms with Crippen LogP contribution in [0.2, 0.25) is 0 Å². The van der Waals surface area contributed by atoms with Crippen molar-refractivity contribution in [2.45, 2.75) is 31.2 Å². The van der Waals surface area contributed by atoms with Gasteiger partial charge in [0.1, 0.15) is 11.1 Å². The molecule has 2 saturated heterocycles. The lowest BCUT2D eigenvalue weighted by molar-refractivity contribution is -0.146. The van der Waals surface area contributed by atoms with Crippen LogP contribution in [-0.2, 0) is 11.8 Å². The second-order valence-electron chi connectivity index (χ2n) is 7.11. The number of aryl methyl sites for hydroxylation is 1. The number of β-amino-alcohol motifs (C(OH)–C–C–N with tert-alkyl or cyclic N) is 1. The zero-order chi connectivity index (χ0) is 18.3. The minimum absolute atomic E-state index is 0.0294. The summed E-state index contributed by atoms with van der Waals surface area (Å²) in [5, 5.41) is 13.4. The SMILES string of the molecule is Cn1ncc2ncc(C(=O)N3CCCC34CCCN(CCO)C4=O)cc21. The summed E-state index contributed by atoms with van der Waals surface area (Å²) in [5.41, 5.74) is 1.24. The average molecular weight is 357 g/mol. The Morgan fingerprint density at radius 3 is 2.81 bits per heavy atom. The Bertz CT molecular complexity index is 862. The van der Waals surface area contributed by atoms with E-state index < -0.39 is 5.54 Å². The fourth-order valence-corrected chi connectivity index (χ4v) is 4.35. The largest absolute Gasteiger partial charge is 0.395 e. The number of carbonyl (C=O) groups is 2. The van der Waals surface area contributed by atoms with Gasteiger partial charge in [-0.15, -0.1) is 0 Å². The van der Waals surface area contributed by atoms with Gasteiger partial charge in [0.15, 0.2) is 0 Å². The number of hydrogen-bond donors (Lipinski definition) is 1. The Morgan fingerprint density at radius 2 is 2.04 bits per heavy atom. The summed E-state index contributed by atoms with van der Waals surface area (Å²) in [6.07, 6.45) is 6.25. The Hall–Kier alpha value is -2.48. The number of hydrogen-bond acceptors (Lipinski definition) is 5. The van der Waals surface area contributed by atoms with Crippen LogP contribution in [0, 0.1) is 0 Å². The third-order valence-electron chi connectivity index (χ3n) is 5.65. The second kappa shape index (κ2) is 6.35. The lowest BCUT2D eigenvalue weighted by Crippen LogP contribution is -2.61. The number of aromatic nitrogens is 3. The first-order valence-corrected chi connectivity index (χ1v) is 9.07. The van der Waals surface area contributed by atoms with Gasteiger partial charge in [-0.3, -0.25) is 19.3 Å². The van der Waals surface area contributed by atoms with Gasteiger partial charge in [0.25, 0.3) is 5.91 Å². The molecular formula is C18H23N5O3. The highest BCUT2D eigenvalue weighted by Gasteiger charge is 2.52. The number of pyridine rings is 1. The van der Waals surface area contributed by atoms with Crippen molar-refractivity contribution < 1.29 is 14.7 Å². The molecule has 1 spiro atoms. The second-order valence-corrected chi connectivity index (χ2v) is 7.11. The van der Waals surface area contributed by atoms with E-state index in [1.807, 2.05) is 7.05 Å². The van der Waals surface area contributed by atoms with E-state index in [0.717, 1.165) is 23.9 Å². The first kappa shape index (κ1) is 17.0. The molecule has 4 rings (SSSR count). The van der Waals surface area contributed by atoms with E-state index in [1.54, 1.807) is 32.9 Å². The molecule has 2 amide bonds. The minimum Gasteiger partial charge on any atom is -0.395 e. The molecule has 138 valence electrons. The van der Waals surface area contributed by atoms with Crippen molar-refractivity contribution in [1.82, 2.24) is 24.6 Å². The van der Waals surface area contributed by atoms with Crippen LogP contribution in [0.25, 0.3) is 11.0 Å². The summed E-state index contributed by atoms with van der Waals surface area (Å²) >= 11 is 0. The predicted octanol–water partition coefficient (Wildman–Crippen LogP) is 0.558. The topological polar surface area (TPSA) is 91.6 Å². The number of likely N-dealkylation sites (tertiary alicyclic amines) is 2. The molecule has 0 aliphatic carbocycles. The van der Waals surface area contributed by atoms with E-state index in [0.29, 0.717) is 38.0 Å². The van der Waals surface area contributed by atoms with Crippen molar-refractivity contribution in [3.63, 3.8) is 0 Å². The normalized spacial score (nSPS) is 23.4. The summed E-state index contributed by atoms with van der Waals surface area (Å²) in [6, 6.07) is 1.79. The van der Waals surface area contributed by atoms with Crippen molar-refractivity contribution in [1.29, 1.82) is 0 Å². The number of fused-ring (bicyclic) bond motifs is 1. The van der Waals surface area contributed by atoms with Gasteiger partial charge in [-0.1, -0.05) is 0 Å². The predicted molar refractivity (Wildman–Crippen MR) is 94.4 cm³/mol. The molecule has 26 heavy (non-hydrogen) atoms. The number of rotatable bonds is 3. The van der Waals surface area contributed by atoms with Gasteiger partial charge in [0.2, 0.25) is 5.91 Å². The van der Waals surface area contributed by atoms with E-state index in [9.17, 15) is 14.7 Å². The zero-order valence-corrected chi connectivity index (χ0v) is 14.9. The molecule has 0 radical (unpaired) electrons. The van der Waals surface area contributed by atoms with Gasteiger partial charge in [-0.2, -0.15) is 5.10 Å². The van der Waals surface area contributed by atoms with Crippen LogP contribution in [0.3, 0.4) is 0 Å². The summed E-state index contributed by atoms with van der Waals surface area (Å²) < 4.78 is 1.69. The Balaban J connectivity index is 1.67. The summed E-state index contributed by atoms with van der Waals surface area (Å²) in [6.45, 7) is 1.48. The van der Waals surface area contributed by atoms with Crippen LogP contribution in [-0.4, -0.2) is 73.3 Å². The molecule has 2 aromatic heterocycles. The monoisotopic (exact) mass is 357 g/mol.